The fourth-order valence-corrected chi connectivity index (χ4v) is 1.95. The molecule has 0 bridgehead atoms. The van der Waals surface area contributed by atoms with E-state index in [1.165, 1.54) is 12.1 Å². The zero-order valence-electron chi connectivity index (χ0n) is 11.5. The molecule has 0 aliphatic carbocycles. The van der Waals surface area contributed by atoms with Gasteiger partial charge >= 0.3 is 0 Å². The van der Waals surface area contributed by atoms with Crippen LogP contribution in [0.1, 0.15) is 12.5 Å². The van der Waals surface area contributed by atoms with E-state index in [4.69, 9.17) is 4.74 Å². The van der Waals surface area contributed by atoms with Gasteiger partial charge in [-0.1, -0.05) is 0 Å². The van der Waals surface area contributed by atoms with E-state index >= 15 is 0 Å². The van der Waals surface area contributed by atoms with Crippen molar-refractivity contribution in [1.29, 1.82) is 0 Å². The Morgan fingerprint density at radius 3 is 2.86 bits per heavy atom. The number of ether oxygens (including phenoxy) is 1. The van der Waals surface area contributed by atoms with Crippen molar-refractivity contribution in [3.05, 3.63) is 44.5 Å². The minimum atomic E-state index is -0.428. The Balaban J connectivity index is 2.27. The first kappa shape index (κ1) is 15.2. The third kappa shape index (κ3) is 3.66. The van der Waals surface area contributed by atoms with Gasteiger partial charge in [-0.3, -0.25) is 10.1 Å². The van der Waals surface area contributed by atoms with Gasteiger partial charge in [-0.2, -0.15) is 4.98 Å². The quantitative estimate of drug-likeness (QED) is 0.651. The van der Waals surface area contributed by atoms with Crippen molar-refractivity contribution in [2.75, 3.05) is 11.9 Å². The molecule has 0 saturated heterocycles. The van der Waals surface area contributed by atoms with Crippen molar-refractivity contribution in [3.8, 4) is 11.6 Å². The van der Waals surface area contributed by atoms with E-state index < -0.39 is 4.92 Å². The summed E-state index contributed by atoms with van der Waals surface area (Å²) in [5, 5.41) is 13.8. The van der Waals surface area contributed by atoms with Crippen LogP contribution in [0.3, 0.4) is 0 Å². The highest BCUT2D eigenvalue weighted by Gasteiger charge is 2.13. The highest BCUT2D eigenvalue weighted by Crippen LogP contribution is 2.30. The van der Waals surface area contributed by atoms with Crippen molar-refractivity contribution in [1.82, 2.24) is 9.97 Å². The van der Waals surface area contributed by atoms with Crippen molar-refractivity contribution >= 4 is 27.6 Å². The highest BCUT2D eigenvalue weighted by molar-refractivity contribution is 9.10. The molecule has 0 radical (unpaired) electrons. The normalized spacial score (nSPS) is 10.2. The van der Waals surface area contributed by atoms with Crippen LogP contribution in [0.25, 0.3) is 0 Å². The van der Waals surface area contributed by atoms with E-state index in [-0.39, 0.29) is 5.69 Å². The summed E-state index contributed by atoms with van der Waals surface area (Å²) in [5.41, 5.74) is 0.576. The summed E-state index contributed by atoms with van der Waals surface area (Å²) < 4.78 is 6.25. The van der Waals surface area contributed by atoms with Crippen molar-refractivity contribution in [2.24, 2.45) is 0 Å². The molecule has 0 spiro atoms. The Labute approximate surface area is 129 Å². The average Bonchev–Trinajstić information content (AvgIpc) is 2.42. The van der Waals surface area contributed by atoms with Crippen LogP contribution >= 0.6 is 15.9 Å². The first-order chi connectivity index (χ1) is 10.0. The predicted octanol–water partition coefficient (Wildman–Crippen LogP) is 3.68. The summed E-state index contributed by atoms with van der Waals surface area (Å²) in [6.07, 6.45) is 1.58. The Kier molecular flexibility index (Phi) is 4.69. The lowest BCUT2D eigenvalue weighted by molar-refractivity contribution is -0.385. The van der Waals surface area contributed by atoms with Gasteiger partial charge in [-0.25, -0.2) is 4.98 Å². The SMILES string of the molecule is CCNc1ncc(Br)c(Oc2ccc([N+](=O)[O-])c(C)c2)n1. The van der Waals surface area contributed by atoms with Crippen LogP contribution < -0.4 is 10.1 Å². The minimum absolute atomic E-state index is 0.0532. The predicted molar refractivity (Wildman–Crippen MR) is 81.8 cm³/mol. The van der Waals surface area contributed by atoms with Crippen molar-refractivity contribution < 1.29 is 9.66 Å². The number of nitrogens with zero attached hydrogens (tertiary/aromatic N) is 3. The lowest BCUT2D eigenvalue weighted by atomic mass is 10.2. The maximum absolute atomic E-state index is 10.8. The molecule has 21 heavy (non-hydrogen) atoms. The zero-order valence-corrected chi connectivity index (χ0v) is 13.0. The molecule has 2 aromatic rings. The second-order valence-electron chi connectivity index (χ2n) is 4.18. The molecule has 7 nitrogen and oxygen atoms in total. The molecule has 8 heteroatoms. The Bertz CT molecular complexity index is 678. The van der Waals surface area contributed by atoms with Gasteiger partial charge in [-0.05, 0) is 41.9 Å². The first-order valence-corrected chi connectivity index (χ1v) is 7.00. The van der Waals surface area contributed by atoms with Crippen LogP contribution in [0.2, 0.25) is 0 Å². The van der Waals surface area contributed by atoms with Crippen molar-refractivity contribution in [2.45, 2.75) is 13.8 Å². The summed E-state index contributed by atoms with van der Waals surface area (Å²) in [4.78, 5) is 18.7. The van der Waals surface area contributed by atoms with Crippen LogP contribution in [0.5, 0.6) is 11.6 Å². The number of nitro groups is 1. The molecule has 0 aliphatic rings. The molecule has 110 valence electrons. The maximum Gasteiger partial charge on any atom is 0.272 e. The van der Waals surface area contributed by atoms with E-state index in [1.54, 1.807) is 19.2 Å². The average molecular weight is 353 g/mol. The van der Waals surface area contributed by atoms with E-state index in [0.29, 0.717) is 34.2 Å². The Morgan fingerprint density at radius 1 is 1.48 bits per heavy atom. The Morgan fingerprint density at radius 2 is 2.24 bits per heavy atom. The lowest BCUT2D eigenvalue weighted by Gasteiger charge is -2.09. The summed E-state index contributed by atoms with van der Waals surface area (Å²) in [6.45, 7) is 4.29. The number of halogens is 1. The molecule has 1 aromatic heterocycles. The van der Waals surface area contributed by atoms with Crippen molar-refractivity contribution in [3.63, 3.8) is 0 Å². The molecule has 0 unspecified atom stereocenters. The van der Waals surface area contributed by atoms with Gasteiger partial charge in [0.1, 0.15) is 5.75 Å². The van der Waals surface area contributed by atoms with Crippen LogP contribution in [-0.2, 0) is 0 Å². The van der Waals surface area contributed by atoms with Gasteiger partial charge in [0.15, 0.2) is 0 Å². The maximum atomic E-state index is 10.8. The number of nitrogens with one attached hydrogen (secondary N) is 1. The third-order valence-corrected chi connectivity index (χ3v) is 3.17. The molecule has 0 atom stereocenters. The zero-order chi connectivity index (χ0) is 15.4. The number of aryl methyl sites for hydroxylation is 1. The Hall–Kier alpha value is -2.22. The standard InChI is InChI=1S/C13H13BrN4O3/c1-3-15-13-16-7-10(14)12(17-13)21-9-4-5-11(18(19)20)8(2)6-9/h4-7H,3H2,1-2H3,(H,15,16,17). The number of hydrogen-bond donors (Lipinski definition) is 1. The van der Waals surface area contributed by atoms with Gasteiger partial charge in [0.2, 0.25) is 11.8 Å². The molecule has 0 saturated carbocycles. The number of hydrogen-bond acceptors (Lipinski definition) is 6. The smallest absolute Gasteiger partial charge is 0.272 e. The lowest BCUT2D eigenvalue weighted by Crippen LogP contribution is -2.03. The number of aromatic nitrogens is 2. The van der Waals surface area contributed by atoms with E-state index in [2.05, 4.69) is 31.2 Å². The van der Waals surface area contributed by atoms with Crippen LogP contribution in [-0.4, -0.2) is 21.4 Å². The molecule has 0 amide bonds. The van der Waals surface area contributed by atoms with E-state index in [9.17, 15) is 10.1 Å². The second kappa shape index (κ2) is 6.49. The minimum Gasteiger partial charge on any atom is -0.438 e. The molecule has 1 aromatic carbocycles. The van der Waals surface area contributed by atoms with Crippen LogP contribution in [0, 0.1) is 17.0 Å². The fourth-order valence-electron chi connectivity index (χ4n) is 1.67. The largest absolute Gasteiger partial charge is 0.438 e. The van der Waals surface area contributed by atoms with E-state index in [0.717, 1.165) is 0 Å². The van der Waals surface area contributed by atoms with Gasteiger partial charge in [0, 0.05) is 18.2 Å². The van der Waals surface area contributed by atoms with Gasteiger partial charge in [-0.15, -0.1) is 0 Å². The molecule has 2 rings (SSSR count). The van der Waals surface area contributed by atoms with Gasteiger partial charge in [0.25, 0.3) is 5.69 Å². The highest BCUT2D eigenvalue weighted by atomic mass is 79.9. The molecule has 0 fully saturated rings. The summed E-state index contributed by atoms with van der Waals surface area (Å²) in [6, 6.07) is 4.54. The number of rotatable bonds is 5. The van der Waals surface area contributed by atoms with Crippen LogP contribution in [0.15, 0.2) is 28.9 Å². The molecule has 1 N–H and O–H groups in total. The number of anilines is 1. The monoisotopic (exact) mass is 352 g/mol. The third-order valence-electron chi connectivity index (χ3n) is 2.63. The van der Waals surface area contributed by atoms with Crippen LogP contribution in [0.4, 0.5) is 11.6 Å². The summed E-state index contributed by atoms with van der Waals surface area (Å²) >= 11 is 3.31. The van der Waals surface area contributed by atoms with Gasteiger partial charge in [0.05, 0.1) is 15.6 Å². The second-order valence-corrected chi connectivity index (χ2v) is 5.04. The van der Waals surface area contributed by atoms with E-state index in [1.807, 2.05) is 6.92 Å². The fraction of sp³-hybridized carbons (Fsp3) is 0.231. The number of benzene rings is 1. The summed E-state index contributed by atoms with van der Waals surface area (Å²) in [7, 11) is 0. The first-order valence-electron chi connectivity index (χ1n) is 6.20. The van der Waals surface area contributed by atoms with Gasteiger partial charge < -0.3 is 10.1 Å². The summed E-state index contributed by atoms with van der Waals surface area (Å²) in [5.74, 6) is 1.27. The number of nitro benzene ring substituents is 1. The topological polar surface area (TPSA) is 90.2 Å². The molecular formula is C13H13BrN4O3. The molecule has 1 heterocycles. The molecule has 0 aliphatic heterocycles. The molecular weight excluding hydrogens is 340 g/mol.